The van der Waals surface area contributed by atoms with Crippen molar-refractivity contribution in [3.8, 4) is 0 Å². The molecule has 0 bridgehead atoms. The number of pyridine rings is 1. The summed E-state index contributed by atoms with van der Waals surface area (Å²) < 4.78 is 26.1. The van der Waals surface area contributed by atoms with Gasteiger partial charge in [-0.25, -0.2) is 12.7 Å². The van der Waals surface area contributed by atoms with Gasteiger partial charge in [0.1, 0.15) is 10.7 Å². The average molecular weight is 287 g/mol. The van der Waals surface area contributed by atoms with E-state index in [1.165, 1.54) is 6.20 Å². The molecule has 20 heavy (non-hydrogen) atoms. The van der Waals surface area contributed by atoms with Gasteiger partial charge in [-0.2, -0.15) is 0 Å². The highest BCUT2D eigenvalue weighted by Crippen LogP contribution is 2.32. The van der Waals surface area contributed by atoms with Crippen LogP contribution in [0.3, 0.4) is 0 Å². The fraction of sp³-hybridized carbons (Fsp3) is 0.143. The van der Waals surface area contributed by atoms with Crippen LogP contribution in [0.15, 0.2) is 47.6 Å². The highest BCUT2D eigenvalue weighted by Gasteiger charge is 2.39. The number of aryl methyl sites for hydroxylation is 1. The maximum absolute atomic E-state index is 12.5. The Hall–Kier alpha value is -2.21. The minimum atomic E-state index is -3.67. The van der Waals surface area contributed by atoms with Crippen LogP contribution in [0.4, 0.5) is 0 Å². The van der Waals surface area contributed by atoms with E-state index in [1.807, 2.05) is 30.3 Å². The number of rotatable bonds is 2. The molecule has 1 aliphatic heterocycles. The molecule has 6 heteroatoms. The minimum Gasteiger partial charge on any atom is -0.283 e. The lowest BCUT2D eigenvalue weighted by atomic mass is 10.1. The van der Waals surface area contributed by atoms with Crippen molar-refractivity contribution in [1.82, 2.24) is 9.29 Å². The summed E-state index contributed by atoms with van der Waals surface area (Å²) in [6, 6.07) is 9.26. The second kappa shape index (κ2) is 4.42. The van der Waals surface area contributed by atoms with E-state index in [1.54, 1.807) is 13.1 Å². The lowest BCUT2D eigenvalue weighted by Gasteiger charge is -2.16. The van der Waals surface area contributed by atoms with Gasteiger partial charge >= 0.3 is 0 Å². The molecule has 2 heterocycles. The van der Waals surface area contributed by atoms with Crippen molar-refractivity contribution in [2.24, 2.45) is 0 Å². The Morgan fingerprint density at radius 1 is 1.20 bits per heavy atom. The molecule has 5 nitrogen and oxygen atoms in total. The van der Waals surface area contributed by atoms with Crippen LogP contribution in [0.2, 0.25) is 0 Å². The zero-order valence-corrected chi connectivity index (χ0v) is 11.7. The number of sulfonamides is 1. The largest absolute Gasteiger partial charge is 0.283 e. The maximum Gasteiger partial charge on any atom is 0.268 e. The van der Waals surface area contributed by atoms with Gasteiger partial charge in [0.15, 0.2) is 0 Å². The predicted octanol–water partition coefficient (Wildman–Crippen LogP) is 1.92. The zero-order chi connectivity index (χ0) is 14.3. The first kappa shape index (κ1) is 12.8. The van der Waals surface area contributed by atoms with E-state index in [9.17, 15) is 8.42 Å². The number of amidine groups is 1. The van der Waals surface area contributed by atoms with Gasteiger partial charge in [0, 0.05) is 18.0 Å². The molecule has 1 aromatic carbocycles. The number of hydrogen-bond donors (Lipinski definition) is 1. The Bertz CT molecular complexity index is 785. The molecular formula is C14H13N3O2S. The van der Waals surface area contributed by atoms with Crippen LogP contribution < -0.4 is 0 Å². The molecule has 1 aliphatic rings. The number of nitrogens with zero attached hydrogens (tertiary/aromatic N) is 2. The van der Waals surface area contributed by atoms with Crippen molar-refractivity contribution >= 4 is 15.9 Å². The Labute approximate surface area is 117 Å². The lowest BCUT2D eigenvalue weighted by molar-refractivity contribution is 0.526. The molecule has 102 valence electrons. The van der Waals surface area contributed by atoms with E-state index in [0.717, 1.165) is 9.87 Å². The van der Waals surface area contributed by atoms with Gasteiger partial charge in [-0.1, -0.05) is 30.3 Å². The molecule has 0 fully saturated rings. The first-order valence-corrected chi connectivity index (χ1v) is 7.56. The Morgan fingerprint density at radius 3 is 2.55 bits per heavy atom. The van der Waals surface area contributed by atoms with Gasteiger partial charge in [-0.3, -0.25) is 10.4 Å². The summed E-state index contributed by atoms with van der Waals surface area (Å²) >= 11 is 0. The van der Waals surface area contributed by atoms with Gasteiger partial charge < -0.3 is 0 Å². The second-order valence-electron chi connectivity index (χ2n) is 4.68. The molecule has 1 N–H and O–H groups in total. The molecule has 0 spiro atoms. The van der Waals surface area contributed by atoms with Crippen LogP contribution in [-0.2, 0) is 16.6 Å². The van der Waals surface area contributed by atoms with Crippen molar-refractivity contribution in [2.45, 2.75) is 18.4 Å². The average Bonchev–Trinajstić information content (AvgIpc) is 2.62. The zero-order valence-electron chi connectivity index (χ0n) is 10.9. The van der Waals surface area contributed by atoms with Gasteiger partial charge in [0.25, 0.3) is 10.0 Å². The third-order valence-corrected chi connectivity index (χ3v) is 5.08. The Kier molecular flexibility index (Phi) is 2.83. The van der Waals surface area contributed by atoms with E-state index in [4.69, 9.17) is 5.41 Å². The van der Waals surface area contributed by atoms with E-state index in [-0.39, 0.29) is 17.3 Å². The normalized spacial score (nSPS) is 16.2. The third kappa shape index (κ3) is 1.80. The summed E-state index contributed by atoms with van der Waals surface area (Å²) in [5.41, 5.74) is 2.00. The molecule has 0 atom stereocenters. The molecule has 0 saturated carbocycles. The maximum atomic E-state index is 12.5. The van der Waals surface area contributed by atoms with Crippen LogP contribution in [0.25, 0.3) is 0 Å². The number of hydrogen-bond acceptors (Lipinski definition) is 4. The molecule has 0 saturated heterocycles. The van der Waals surface area contributed by atoms with Crippen molar-refractivity contribution < 1.29 is 8.42 Å². The monoisotopic (exact) mass is 287 g/mol. The van der Waals surface area contributed by atoms with Gasteiger partial charge in [0.05, 0.1) is 6.54 Å². The SMILES string of the molecule is Cc1cncc2c1C(=N)N(Cc1ccccc1)S2(=O)=O. The van der Waals surface area contributed by atoms with Gasteiger partial charge in [-0.05, 0) is 18.1 Å². The quantitative estimate of drug-likeness (QED) is 0.917. The number of benzene rings is 1. The van der Waals surface area contributed by atoms with Crippen LogP contribution >= 0.6 is 0 Å². The highest BCUT2D eigenvalue weighted by molar-refractivity contribution is 7.90. The minimum absolute atomic E-state index is 0.0174. The highest BCUT2D eigenvalue weighted by atomic mass is 32.2. The van der Waals surface area contributed by atoms with E-state index in [2.05, 4.69) is 4.98 Å². The van der Waals surface area contributed by atoms with Crippen LogP contribution in [0, 0.1) is 12.3 Å². The predicted molar refractivity (Wildman–Crippen MR) is 75.0 cm³/mol. The van der Waals surface area contributed by atoms with Crippen molar-refractivity contribution in [2.75, 3.05) is 0 Å². The first-order chi connectivity index (χ1) is 9.51. The fourth-order valence-corrected chi connectivity index (χ4v) is 3.91. The summed E-state index contributed by atoms with van der Waals surface area (Å²) in [7, 11) is -3.67. The van der Waals surface area contributed by atoms with E-state index < -0.39 is 10.0 Å². The van der Waals surface area contributed by atoms with Crippen molar-refractivity contribution in [3.05, 3.63) is 59.4 Å². The van der Waals surface area contributed by atoms with Crippen LogP contribution in [0.1, 0.15) is 16.7 Å². The molecule has 1 aromatic heterocycles. The van der Waals surface area contributed by atoms with Crippen molar-refractivity contribution in [3.63, 3.8) is 0 Å². The lowest BCUT2D eigenvalue weighted by Crippen LogP contribution is -2.29. The molecule has 0 radical (unpaired) electrons. The summed E-state index contributed by atoms with van der Waals surface area (Å²) in [6.07, 6.45) is 2.89. The molecule has 0 unspecified atom stereocenters. The third-order valence-electron chi connectivity index (χ3n) is 3.32. The fourth-order valence-electron chi connectivity index (χ4n) is 2.32. The molecule has 3 rings (SSSR count). The Balaban J connectivity index is 2.08. The van der Waals surface area contributed by atoms with E-state index in [0.29, 0.717) is 11.1 Å². The summed E-state index contributed by atoms with van der Waals surface area (Å²) in [4.78, 5) is 4.05. The molecule has 2 aromatic rings. The second-order valence-corrected chi connectivity index (χ2v) is 6.51. The number of fused-ring (bicyclic) bond motifs is 1. The summed E-state index contributed by atoms with van der Waals surface area (Å²) in [5.74, 6) is 0.0174. The van der Waals surface area contributed by atoms with Crippen LogP contribution in [-0.4, -0.2) is 23.5 Å². The van der Waals surface area contributed by atoms with Gasteiger partial charge in [-0.15, -0.1) is 0 Å². The molecule has 0 aliphatic carbocycles. The number of nitrogens with one attached hydrogen (secondary N) is 1. The first-order valence-electron chi connectivity index (χ1n) is 6.12. The standard InChI is InChI=1S/C14H13N3O2S/c1-10-7-16-8-12-13(10)14(15)17(20(12,18)19)9-11-5-3-2-4-6-11/h2-8,15H,9H2,1H3. The Morgan fingerprint density at radius 2 is 1.90 bits per heavy atom. The van der Waals surface area contributed by atoms with E-state index >= 15 is 0 Å². The van der Waals surface area contributed by atoms with Crippen molar-refractivity contribution in [1.29, 1.82) is 5.41 Å². The van der Waals surface area contributed by atoms with Crippen LogP contribution in [0.5, 0.6) is 0 Å². The molecular weight excluding hydrogens is 274 g/mol. The summed E-state index contributed by atoms with van der Waals surface area (Å²) in [5, 5.41) is 8.15. The molecule has 0 amide bonds. The topological polar surface area (TPSA) is 74.1 Å². The summed E-state index contributed by atoms with van der Waals surface area (Å²) in [6.45, 7) is 1.93. The van der Waals surface area contributed by atoms with Gasteiger partial charge in [0.2, 0.25) is 0 Å². The number of aromatic nitrogens is 1. The smallest absolute Gasteiger partial charge is 0.268 e.